The van der Waals surface area contributed by atoms with Gasteiger partial charge < -0.3 is 19.9 Å². The second-order valence-electron chi connectivity index (χ2n) is 3.42. The van der Waals surface area contributed by atoms with Gasteiger partial charge in [-0.2, -0.15) is 0 Å². The van der Waals surface area contributed by atoms with E-state index in [1.165, 1.54) is 20.3 Å². The summed E-state index contributed by atoms with van der Waals surface area (Å²) in [6, 6.07) is 4.61. The summed E-state index contributed by atoms with van der Waals surface area (Å²) in [5, 5.41) is 0. The van der Waals surface area contributed by atoms with E-state index in [1.54, 1.807) is 12.1 Å². The number of hydrogen-bond acceptors (Lipinski definition) is 6. The van der Waals surface area contributed by atoms with Gasteiger partial charge in [0.15, 0.2) is 0 Å². The van der Waals surface area contributed by atoms with Crippen molar-refractivity contribution in [3.63, 3.8) is 0 Å². The van der Waals surface area contributed by atoms with Crippen molar-refractivity contribution in [2.24, 2.45) is 0 Å². The van der Waals surface area contributed by atoms with Gasteiger partial charge in [0.1, 0.15) is 11.3 Å². The maximum atomic E-state index is 11.5. The third-order valence-electron chi connectivity index (χ3n) is 2.20. The lowest BCUT2D eigenvalue weighted by molar-refractivity contribution is -0.141. The van der Waals surface area contributed by atoms with Gasteiger partial charge in [0.05, 0.1) is 27.2 Å². The van der Waals surface area contributed by atoms with Gasteiger partial charge in [-0.1, -0.05) is 0 Å². The number of methoxy groups -OCH3 is 2. The molecule has 0 bridgehead atoms. The lowest BCUT2D eigenvalue weighted by Crippen LogP contribution is -2.11. The summed E-state index contributed by atoms with van der Waals surface area (Å²) in [5.74, 6) is -0.611. The largest absolute Gasteiger partial charge is 0.492 e. The van der Waals surface area contributed by atoms with Crippen molar-refractivity contribution in [3.05, 3.63) is 23.8 Å². The molecule has 0 saturated heterocycles. The van der Waals surface area contributed by atoms with Crippen LogP contribution in [-0.4, -0.2) is 32.8 Å². The van der Waals surface area contributed by atoms with E-state index in [0.717, 1.165) is 0 Å². The van der Waals surface area contributed by atoms with Gasteiger partial charge in [0.25, 0.3) is 0 Å². The highest BCUT2D eigenvalue weighted by Gasteiger charge is 2.14. The number of ether oxygens (including phenoxy) is 3. The number of esters is 2. The van der Waals surface area contributed by atoms with Crippen LogP contribution in [0.3, 0.4) is 0 Å². The van der Waals surface area contributed by atoms with Crippen molar-refractivity contribution in [3.8, 4) is 5.75 Å². The van der Waals surface area contributed by atoms with E-state index in [-0.39, 0.29) is 24.6 Å². The molecule has 1 rings (SSSR count). The number of benzene rings is 1. The monoisotopic (exact) mass is 253 g/mol. The molecule has 0 aliphatic rings. The zero-order chi connectivity index (χ0) is 13.5. The third kappa shape index (κ3) is 3.65. The van der Waals surface area contributed by atoms with Crippen LogP contribution in [0.2, 0.25) is 0 Å². The molecule has 18 heavy (non-hydrogen) atoms. The molecule has 0 heterocycles. The molecular weight excluding hydrogens is 238 g/mol. The first-order valence-electron chi connectivity index (χ1n) is 5.26. The molecule has 0 aliphatic carbocycles. The topological polar surface area (TPSA) is 87.9 Å². The van der Waals surface area contributed by atoms with Crippen LogP contribution in [0.1, 0.15) is 16.8 Å². The summed E-state index contributed by atoms with van der Waals surface area (Å²) < 4.78 is 14.4. The molecule has 0 saturated carbocycles. The van der Waals surface area contributed by atoms with E-state index < -0.39 is 5.97 Å². The molecule has 0 fully saturated rings. The van der Waals surface area contributed by atoms with E-state index in [9.17, 15) is 9.59 Å². The molecule has 1 aromatic carbocycles. The van der Waals surface area contributed by atoms with Gasteiger partial charge in [0.2, 0.25) is 0 Å². The van der Waals surface area contributed by atoms with Gasteiger partial charge >= 0.3 is 11.9 Å². The number of nitrogen functional groups attached to an aromatic ring is 1. The predicted octanol–water partition coefficient (Wildman–Crippen LogP) is 0.997. The molecule has 0 atom stereocenters. The Hall–Kier alpha value is -2.24. The van der Waals surface area contributed by atoms with Gasteiger partial charge in [-0.25, -0.2) is 4.79 Å². The zero-order valence-corrected chi connectivity index (χ0v) is 10.3. The van der Waals surface area contributed by atoms with Crippen molar-refractivity contribution >= 4 is 17.6 Å². The lowest BCUT2D eigenvalue weighted by atomic mass is 10.2. The van der Waals surface area contributed by atoms with Crippen LogP contribution in [-0.2, 0) is 14.3 Å². The van der Waals surface area contributed by atoms with E-state index in [1.807, 2.05) is 0 Å². The average molecular weight is 253 g/mol. The van der Waals surface area contributed by atoms with Crippen LogP contribution in [0.5, 0.6) is 5.75 Å². The fourth-order valence-corrected chi connectivity index (χ4v) is 1.29. The minimum absolute atomic E-state index is 0.0987. The Labute approximate surface area is 105 Å². The van der Waals surface area contributed by atoms with Gasteiger partial charge in [-0.3, -0.25) is 4.79 Å². The molecule has 0 amide bonds. The Morgan fingerprint density at radius 1 is 1.22 bits per heavy atom. The van der Waals surface area contributed by atoms with Crippen molar-refractivity contribution in [1.29, 1.82) is 0 Å². The van der Waals surface area contributed by atoms with Crippen LogP contribution >= 0.6 is 0 Å². The summed E-state index contributed by atoms with van der Waals surface area (Å²) in [6.07, 6.45) is 0.0987. The molecule has 6 heteroatoms. The molecule has 0 radical (unpaired) electrons. The second kappa shape index (κ2) is 6.48. The summed E-state index contributed by atoms with van der Waals surface area (Å²) >= 11 is 0. The number of carbonyl (C=O) groups is 2. The summed E-state index contributed by atoms with van der Waals surface area (Å²) in [5.41, 5.74) is 6.23. The minimum atomic E-state index is -0.546. The Morgan fingerprint density at radius 3 is 2.56 bits per heavy atom. The zero-order valence-electron chi connectivity index (χ0n) is 10.3. The maximum absolute atomic E-state index is 11.5. The highest BCUT2D eigenvalue weighted by atomic mass is 16.5. The Bertz CT molecular complexity index is 444. The van der Waals surface area contributed by atoms with Crippen LogP contribution < -0.4 is 10.5 Å². The summed E-state index contributed by atoms with van der Waals surface area (Å²) in [7, 11) is 2.56. The average Bonchev–Trinajstić information content (AvgIpc) is 2.39. The number of anilines is 1. The van der Waals surface area contributed by atoms with Crippen molar-refractivity contribution < 1.29 is 23.8 Å². The Balaban J connectivity index is 2.75. The molecule has 2 N–H and O–H groups in total. The Morgan fingerprint density at radius 2 is 1.94 bits per heavy atom. The number of rotatable bonds is 5. The highest BCUT2D eigenvalue weighted by molar-refractivity contribution is 5.93. The molecule has 0 unspecified atom stereocenters. The molecular formula is C12H15NO5. The van der Waals surface area contributed by atoms with Gasteiger partial charge in [0, 0.05) is 5.69 Å². The van der Waals surface area contributed by atoms with E-state index in [0.29, 0.717) is 11.4 Å². The smallest absolute Gasteiger partial charge is 0.341 e. The van der Waals surface area contributed by atoms with Gasteiger partial charge in [-0.15, -0.1) is 0 Å². The van der Waals surface area contributed by atoms with Crippen LogP contribution in [0, 0.1) is 0 Å². The van der Waals surface area contributed by atoms with Crippen LogP contribution in [0.4, 0.5) is 5.69 Å². The SMILES string of the molecule is COC(=O)CCOc1ccc(N)cc1C(=O)OC. The lowest BCUT2D eigenvalue weighted by Gasteiger charge is -2.10. The standard InChI is InChI=1S/C12H15NO5/c1-16-11(14)5-6-18-10-4-3-8(13)7-9(10)12(15)17-2/h3-4,7H,5-6,13H2,1-2H3. The van der Waals surface area contributed by atoms with E-state index >= 15 is 0 Å². The van der Waals surface area contributed by atoms with Crippen LogP contribution in [0.15, 0.2) is 18.2 Å². The number of carbonyl (C=O) groups excluding carboxylic acids is 2. The molecule has 1 aromatic rings. The van der Waals surface area contributed by atoms with E-state index in [4.69, 9.17) is 10.5 Å². The summed E-state index contributed by atoms with van der Waals surface area (Å²) in [4.78, 5) is 22.4. The predicted molar refractivity (Wildman–Crippen MR) is 64.3 cm³/mol. The third-order valence-corrected chi connectivity index (χ3v) is 2.20. The highest BCUT2D eigenvalue weighted by Crippen LogP contribution is 2.22. The van der Waals surface area contributed by atoms with Crippen LogP contribution in [0.25, 0.3) is 0 Å². The fourth-order valence-electron chi connectivity index (χ4n) is 1.29. The Kier molecular flexibility index (Phi) is 4.98. The molecule has 6 nitrogen and oxygen atoms in total. The molecule has 0 spiro atoms. The number of hydrogen-bond donors (Lipinski definition) is 1. The quantitative estimate of drug-likeness (QED) is 0.622. The van der Waals surface area contributed by atoms with Crippen molar-refractivity contribution in [2.45, 2.75) is 6.42 Å². The van der Waals surface area contributed by atoms with Crippen molar-refractivity contribution in [2.75, 3.05) is 26.6 Å². The first kappa shape index (κ1) is 13.8. The van der Waals surface area contributed by atoms with E-state index in [2.05, 4.69) is 9.47 Å². The first-order valence-corrected chi connectivity index (χ1v) is 5.26. The summed E-state index contributed by atoms with van der Waals surface area (Å²) in [6.45, 7) is 0.112. The fraction of sp³-hybridized carbons (Fsp3) is 0.333. The molecule has 0 aromatic heterocycles. The normalized spacial score (nSPS) is 9.67. The number of nitrogens with two attached hydrogens (primary N) is 1. The molecule has 0 aliphatic heterocycles. The van der Waals surface area contributed by atoms with Gasteiger partial charge in [-0.05, 0) is 18.2 Å². The maximum Gasteiger partial charge on any atom is 0.341 e. The first-order chi connectivity index (χ1) is 8.58. The molecule has 98 valence electrons. The van der Waals surface area contributed by atoms with Crippen molar-refractivity contribution in [1.82, 2.24) is 0 Å². The minimum Gasteiger partial charge on any atom is -0.492 e. The second-order valence-corrected chi connectivity index (χ2v) is 3.42.